The van der Waals surface area contributed by atoms with Gasteiger partial charge in [0.2, 0.25) is 5.91 Å². The van der Waals surface area contributed by atoms with E-state index in [1.54, 1.807) is 10.9 Å². The maximum atomic E-state index is 12.2. The van der Waals surface area contributed by atoms with Gasteiger partial charge in [-0.15, -0.1) is 5.10 Å². The molecule has 1 aliphatic heterocycles. The first-order valence-electron chi connectivity index (χ1n) is 7.48. The van der Waals surface area contributed by atoms with Gasteiger partial charge < -0.3 is 4.90 Å². The number of piperidine rings is 1. The molecule has 1 fully saturated rings. The number of carbonyl (C=O) groups is 1. The predicted molar refractivity (Wildman–Crippen MR) is 77.3 cm³/mol. The summed E-state index contributed by atoms with van der Waals surface area (Å²) in [4.78, 5) is 14.1. The molecular weight excluding hydrogens is 268 g/mol. The molecule has 1 aliphatic rings. The van der Waals surface area contributed by atoms with E-state index in [0.29, 0.717) is 0 Å². The van der Waals surface area contributed by atoms with Gasteiger partial charge in [0.15, 0.2) is 0 Å². The van der Waals surface area contributed by atoms with E-state index in [1.165, 1.54) is 6.42 Å². The quantitative estimate of drug-likeness (QED) is 0.847. The van der Waals surface area contributed by atoms with Gasteiger partial charge in [-0.25, -0.2) is 4.68 Å². The van der Waals surface area contributed by atoms with Crippen LogP contribution in [0.1, 0.15) is 26.2 Å². The van der Waals surface area contributed by atoms with Gasteiger partial charge in [0.25, 0.3) is 0 Å². The van der Waals surface area contributed by atoms with Gasteiger partial charge in [-0.2, -0.15) is 5.10 Å². The molecular formula is C14H20N6O. The maximum Gasteiger partial charge on any atom is 0.244 e. The van der Waals surface area contributed by atoms with E-state index < -0.39 is 0 Å². The summed E-state index contributed by atoms with van der Waals surface area (Å²) in [7, 11) is 0. The summed E-state index contributed by atoms with van der Waals surface area (Å²) in [6.07, 6.45) is 6.98. The third-order valence-corrected chi connectivity index (χ3v) is 3.82. The van der Waals surface area contributed by atoms with Crippen LogP contribution in [-0.2, 0) is 17.9 Å². The molecule has 21 heavy (non-hydrogen) atoms. The lowest BCUT2D eigenvalue weighted by Gasteiger charge is -2.26. The van der Waals surface area contributed by atoms with Gasteiger partial charge in [0.05, 0.1) is 11.9 Å². The van der Waals surface area contributed by atoms with Crippen LogP contribution >= 0.6 is 0 Å². The number of likely N-dealkylation sites (tertiary alicyclic amines) is 1. The Morgan fingerprint density at radius 1 is 1.29 bits per heavy atom. The molecule has 2 aromatic rings. The van der Waals surface area contributed by atoms with Crippen LogP contribution in [0.4, 0.5) is 0 Å². The number of hydrogen-bond donors (Lipinski definition) is 0. The molecule has 0 unspecified atom stereocenters. The molecule has 3 heterocycles. The Kier molecular flexibility index (Phi) is 3.98. The molecule has 7 heteroatoms. The molecule has 0 saturated carbocycles. The van der Waals surface area contributed by atoms with Gasteiger partial charge in [-0.1, -0.05) is 5.21 Å². The summed E-state index contributed by atoms with van der Waals surface area (Å²) >= 11 is 0. The molecule has 1 saturated heterocycles. The highest BCUT2D eigenvalue weighted by Crippen LogP contribution is 2.15. The Morgan fingerprint density at radius 2 is 2.10 bits per heavy atom. The monoisotopic (exact) mass is 288 g/mol. The zero-order valence-electron chi connectivity index (χ0n) is 12.3. The van der Waals surface area contributed by atoms with Crippen molar-refractivity contribution in [1.82, 2.24) is 29.7 Å². The smallest absolute Gasteiger partial charge is 0.244 e. The number of nitrogens with zero attached hydrogens (tertiary/aromatic N) is 6. The van der Waals surface area contributed by atoms with E-state index in [1.807, 2.05) is 28.8 Å². The second-order valence-corrected chi connectivity index (χ2v) is 5.28. The van der Waals surface area contributed by atoms with E-state index in [4.69, 9.17) is 0 Å². The predicted octanol–water partition coefficient (Wildman–Crippen LogP) is 1.17. The maximum absolute atomic E-state index is 12.2. The standard InChI is InChI=1S/C14H20N6O/c1-2-20-13(6-7-15-20)12-10-19(17-16-12)11-14(21)18-8-4-3-5-9-18/h6-7,10H,2-5,8-9,11H2,1H3. The summed E-state index contributed by atoms with van der Waals surface area (Å²) in [6.45, 7) is 4.79. The SMILES string of the molecule is CCn1nccc1-c1cn(CC(=O)N2CCCCC2)nn1. The molecule has 0 spiro atoms. The first-order chi connectivity index (χ1) is 10.3. The Labute approximate surface area is 123 Å². The Hall–Kier alpha value is -2.18. The van der Waals surface area contributed by atoms with E-state index in [2.05, 4.69) is 15.4 Å². The average Bonchev–Trinajstić information content (AvgIpc) is 3.16. The molecule has 0 aliphatic carbocycles. The molecule has 2 aromatic heterocycles. The molecule has 3 rings (SSSR count). The van der Waals surface area contributed by atoms with Crippen molar-refractivity contribution in [2.75, 3.05) is 13.1 Å². The van der Waals surface area contributed by atoms with Crippen molar-refractivity contribution >= 4 is 5.91 Å². The molecule has 0 aromatic carbocycles. The van der Waals surface area contributed by atoms with Crippen LogP contribution in [0.3, 0.4) is 0 Å². The average molecular weight is 288 g/mol. The van der Waals surface area contributed by atoms with Crippen LogP contribution in [-0.4, -0.2) is 48.7 Å². The van der Waals surface area contributed by atoms with Gasteiger partial charge in [-0.05, 0) is 32.3 Å². The topological polar surface area (TPSA) is 68.8 Å². The van der Waals surface area contributed by atoms with Crippen molar-refractivity contribution < 1.29 is 4.79 Å². The van der Waals surface area contributed by atoms with E-state index >= 15 is 0 Å². The fourth-order valence-corrected chi connectivity index (χ4v) is 2.68. The number of amides is 1. The second-order valence-electron chi connectivity index (χ2n) is 5.28. The highest BCUT2D eigenvalue weighted by atomic mass is 16.2. The fourth-order valence-electron chi connectivity index (χ4n) is 2.68. The second kappa shape index (κ2) is 6.07. The Balaban J connectivity index is 1.69. The number of rotatable bonds is 4. The van der Waals surface area contributed by atoms with Gasteiger partial charge in [0, 0.05) is 25.8 Å². The molecule has 0 atom stereocenters. The van der Waals surface area contributed by atoms with Crippen LogP contribution in [0.15, 0.2) is 18.5 Å². The van der Waals surface area contributed by atoms with Crippen LogP contribution in [0, 0.1) is 0 Å². The third-order valence-electron chi connectivity index (χ3n) is 3.82. The largest absolute Gasteiger partial charge is 0.341 e. The Bertz CT molecular complexity index is 611. The summed E-state index contributed by atoms with van der Waals surface area (Å²) in [5.74, 6) is 0.121. The van der Waals surface area contributed by atoms with Crippen molar-refractivity contribution in [3.05, 3.63) is 18.5 Å². The van der Waals surface area contributed by atoms with Crippen molar-refractivity contribution in [2.24, 2.45) is 0 Å². The Morgan fingerprint density at radius 3 is 2.86 bits per heavy atom. The van der Waals surface area contributed by atoms with E-state index in [-0.39, 0.29) is 12.5 Å². The van der Waals surface area contributed by atoms with Crippen LogP contribution < -0.4 is 0 Å². The van der Waals surface area contributed by atoms with Crippen LogP contribution in [0.2, 0.25) is 0 Å². The molecule has 1 amide bonds. The van der Waals surface area contributed by atoms with Crippen molar-refractivity contribution in [3.63, 3.8) is 0 Å². The highest BCUT2D eigenvalue weighted by molar-refractivity contribution is 5.76. The highest BCUT2D eigenvalue weighted by Gasteiger charge is 2.18. The molecule has 7 nitrogen and oxygen atoms in total. The van der Waals surface area contributed by atoms with E-state index in [9.17, 15) is 4.79 Å². The summed E-state index contributed by atoms with van der Waals surface area (Å²) in [5, 5.41) is 12.4. The minimum Gasteiger partial charge on any atom is -0.341 e. The lowest BCUT2D eigenvalue weighted by molar-refractivity contribution is -0.132. The lowest BCUT2D eigenvalue weighted by Crippen LogP contribution is -2.37. The summed E-state index contributed by atoms with van der Waals surface area (Å²) in [5.41, 5.74) is 1.68. The van der Waals surface area contributed by atoms with Crippen molar-refractivity contribution in [3.8, 4) is 11.4 Å². The summed E-state index contributed by atoms with van der Waals surface area (Å²) in [6, 6.07) is 1.91. The number of carbonyl (C=O) groups excluding carboxylic acids is 1. The molecule has 0 bridgehead atoms. The molecule has 0 radical (unpaired) electrons. The zero-order valence-corrected chi connectivity index (χ0v) is 12.3. The molecule has 0 N–H and O–H groups in total. The van der Waals surface area contributed by atoms with Gasteiger partial charge in [0.1, 0.15) is 12.2 Å². The number of hydrogen-bond acceptors (Lipinski definition) is 4. The van der Waals surface area contributed by atoms with Crippen molar-refractivity contribution in [2.45, 2.75) is 39.3 Å². The number of aromatic nitrogens is 5. The number of aryl methyl sites for hydroxylation is 1. The first-order valence-corrected chi connectivity index (χ1v) is 7.48. The minimum absolute atomic E-state index is 0.121. The van der Waals surface area contributed by atoms with Crippen LogP contribution in [0.25, 0.3) is 11.4 Å². The van der Waals surface area contributed by atoms with Crippen LogP contribution in [0.5, 0.6) is 0 Å². The lowest BCUT2D eigenvalue weighted by atomic mass is 10.1. The van der Waals surface area contributed by atoms with E-state index in [0.717, 1.165) is 43.9 Å². The first kappa shape index (κ1) is 13.8. The fraction of sp³-hybridized carbons (Fsp3) is 0.571. The molecule has 112 valence electrons. The van der Waals surface area contributed by atoms with Gasteiger partial charge in [-0.3, -0.25) is 9.48 Å². The summed E-state index contributed by atoms with van der Waals surface area (Å²) < 4.78 is 3.47. The zero-order chi connectivity index (χ0) is 14.7. The third kappa shape index (κ3) is 2.96. The van der Waals surface area contributed by atoms with Gasteiger partial charge >= 0.3 is 0 Å². The van der Waals surface area contributed by atoms with Crippen molar-refractivity contribution in [1.29, 1.82) is 0 Å². The normalized spacial score (nSPS) is 15.4. The minimum atomic E-state index is 0.121.